The van der Waals surface area contributed by atoms with Crippen molar-refractivity contribution in [3.8, 4) is 0 Å². The van der Waals surface area contributed by atoms with E-state index >= 15 is 0 Å². The predicted octanol–water partition coefficient (Wildman–Crippen LogP) is -0.379. The summed E-state index contributed by atoms with van der Waals surface area (Å²) in [6.07, 6.45) is 0. The lowest BCUT2D eigenvalue weighted by atomic mass is 11.5. The first kappa shape index (κ1) is 7.57. The SMILES string of the molecule is CNN(N)OCI. The number of halogens is 1. The van der Waals surface area contributed by atoms with Crippen LogP contribution in [0.15, 0.2) is 0 Å². The highest BCUT2D eigenvalue weighted by atomic mass is 127. The van der Waals surface area contributed by atoms with Crippen molar-refractivity contribution in [2.45, 2.75) is 0 Å². The van der Waals surface area contributed by atoms with Crippen molar-refractivity contribution in [3.05, 3.63) is 0 Å². The van der Waals surface area contributed by atoms with Gasteiger partial charge in [0, 0.05) is 7.05 Å². The Bertz CT molecular complexity index is 43.9. The Morgan fingerprint density at radius 1 is 2.00 bits per heavy atom. The van der Waals surface area contributed by atoms with Gasteiger partial charge in [-0.2, -0.15) is 0 Å². The van der Waals surface area contributed by atoms with Crippen LogP contribution in [0.1, 0.15) is 0 Å². The van der Waals surface area contributed by atoms with Crippen LogP contribution in [0, 0.1) is 0 Å². The standard InChI is InChI=1S/C2H8IN3O/c1-5-6(4)7-2-3/h5H,2,4H2,1H3. The van der Waals surface area contributed by atoms with Gasteiger partial charge >= 0.3 is 0 Å². The molecule has 0 aromatic heterocycles. The Kier molecular flexibility index (Phi) is 5.11. The van der Waals surface area contributed by atoms with Gasteiger partial charge in [-0.15, -0.1) is 0 Å². The minimum Gasteiger partial charge on any atom is -0.259 e. The molecule has 0 aromatic carbocycles. The van der Waals surface area contributed by atoms with E-state index in [0.29, 0.717) is 4.61 Å². The average molecular weight is 217 g/mol. The van der Waals surface area contributed by atoms with Crippen LogP contribution in [0.5, 0.6) is 0 Å². The van der Waals surface area contributed by atoms with Crippen LogP contribution < -0.4 is 11.3 Å². The Morgan fingerprint density at radius 3 is 2.71 bits per heavy atom. The third kappa shape index (κ3) is 4.42. The first-order valence-corrected chi connectivity index (χ1v) is 3.25. The summed E-state index contributed by atoms with van der Waals surface area (Å²) < 4.78 is 0.551. The summed E-state index contributed by atoms with van der Waals surface area (Å²) in [6.45, 7) is 0. The highest BCUT2D eigenvalue weighted by Gasteiger charge is 1.86. The topological polar surface area (TPSA) is 50.5 Å². The summed E-state index contributed by atoms with van der Waals surface area (Å²) in [6, 6.07) is 0. The molecular weight excluding hydrogens is 209 g/mol. The molecule has 0 fully saturated rings. The molecule has 0 saturated carbocycles. The smallest absolute Gasteiger partial charge is 0.123 e. The van der Waals surface area contributed by atoms with Gasteiger partial charge in [0.05, 0.1) is 0 Å². The molecule has 0 aliphatic carbocycles. The second kappa shape index (κ2) is 4.72. The van der Waals surface area contributed by atoms with Gasteiger partial charge in [0.2, 0.25) is 0 Å². The van der Waals surface area contributed by atoms with Gasteiger partial charge in [-0.1, -0.05) is 27.9 Å². The first-order valence-electron chi connectivity index (χ1n) is 1.72. The number of nitrogens with two attached hydrogens (primary N) is 1. The Labute approximate surface area is 56.0 Å². The average Bonchev–Trinajstić information content (AvgIpc) is 1.68. The number of rotatable bonds is 3. The van der Waals surface area contributed by atoms with Crippen LogP contribution in [0.25, 0.3) is 0 Å². The van der Waals surface area contributed by atoms with Crippen LogP contribution in [0.4, 0.5) is 0 Å². The molecule has 3 N–H and O–H groups in total. The van der Waals surface area contributed by atoms with Crippen molar-refractivity contribution in [1.29, 1.82) is 0 Å². The summed E-state index contributed by atoms with van der Waals surface area (Å²) in [5.41, 5.74) is 2.55. The summed E-state index contributed by atoms with van der Waals surface area (Å²) in [7, 11) is 1.67. The van der Waals surface area contributed by atoms with E-state index < -0.39 is 0 Å². The van der Waals surface area contributed by atoms with Crippen LogP contribution in [0.3, 0.4) is 0 Å². The molecule has 0 aromatic rings. The second-order valence-corrected chi connectivity index (χ2v) is 1.41. The fraction of sp³-hybridized carbons (Fsp3) is 1.00. The highest BCUT2D eigenvalue weighted by molar-refractivity contribution is 14.1. The summed E-state index contributed by atoms with van der Waals surface area (Å²) in [4.78, 5) is 4.68. The number of hydrogen-bond donors (Lipinski definition) is 2. The highest BCUT2D eigenvalue weighted by Crippen LogP contribution is 1.81. The fourth-order valence-electron chi connectivity index (χ4n) is 0.117. The van der Waals surface area contributed by atoms with Gasteiger partial charge in [-0.3, -0.25) is 4.84 Å². The number of nitrogens with zero attached hydrogens (tertiary/aromatic N) is 1. The molecular formula is C2H8IN3O. The van der Waals surface area contributed by atoms with E-state index in [4.69, 9.17) is 5.84 Å². The molecule has 0 bridgehead atoms. The zero-order valence-corrected chi connectivity index (χ0v) is 6.18. The molecule has 5 heteroatoms. The van der Waals surface area contributed by atoms with Crippen molar-refractivity contribution in [2.24, 2.45) is 5.84 Å². The molecule has 0 aliphatic rings. The van der Waals surface area contributed by atoms with E-state index in [-0.39, 0.29) is 0 Å². The maximum atomic E-state index is 5.08. The summed E-state index contributed by atoms with van der Waals surface area (Å²) in [5, 5.41) is 1.05. The van der Waals surface area contributed by atoms with Crippen molar-refractivity contribution in [3.63, 3.8) is 0 Å². The first-order chi connectivity index (χ1) is 3.31. The normalized spacial score (nSPS) is 10.3. The van der Waals surface area contributed by atoms with E-state index in [2.05, 4.69) is 10.3 Å². The monoisotopic (exact) mass is 217 g/mol. The number of hydrazine groups is 2. The van der Waals surface area contributed by atoms with E-state index in [0.717, 1.165) is 5.28 Å². The van der Waals surface area contributed by atoms with Crippen molar-refractivity contribution in [2.75, 3.05) is 11.7 Å². The van der Waals surface area contributed by atoms with E-state index in [9.17, 15) is 0 Å². The van der Waals surface area contributed by atoms with Crippen molar-refractivity contribution in [1.82, 2.24) is 10.7 Å². The molecule has 0 spiro atoms. The maximum absolute atomic E-state index is 5.08. The molecule has 7 heavy (non-hydrogen) atoms. The second-order valence-electron chi connectivity index (χ2n) is 0.788. The van der Waals surface area contributed by atoms with Crippen molar-refractivity contribution >= 4 is 22.6 Å². The van der Waals surface area contributed by atoms with Crippen LogP contribution in [0.2, 0.25) is 0 Å². The molecule has 0 heterocycles. The zero-order chi connectivity index (χ0) is 5.70. The molecule has 0 saturated heterocycles. The van der Waals surface area contributed by atoms with Gasteiger partial charge in [-0.25, -0.2) is 11.3 Å². The number of alkyl halides is 1. The molecule has 0 aliphatic heterocycles. The predicted molar refractivity (Wildman–Crippen MR) is 35.1 cm³/mol. The van der Waals surface area contributed by atoms with Crippen molar-refractivity contribution < 1.29 is 4.84 Å². The quantitative estimate of drug-likeness (QED) is 0.293. The lowest BCUT2D eigenvalue weighted by molar-refractivity contribution is -0.172. The third-order valence-corrected chi connectivity index (χ3v) is 0.687. The molecule has 0 amide bonds. The van der Waals surface area contributed by atoms with Crippen LogP contribution in [-0.4, -0.2) is 16.9 Å². The zero-order valence-electron chi connectivity index (χ0n) is 4.02. The lowest BCUT2D eigenvalue weighted by Crippen LogP contribution is -2.40. The van der Waals surface area contributed by atoms with Gasteiger partial charge in [0.1, 0.15) is 4.61 Å². The van der Waals surface area contributed by atoms with Gasteiger partial charge < -0.3 is 0 Å². The number of nitrogens with one attached hydrogen (secondary N) is 1. The molecule has 0 rings (SSSR count). The summed E-state index contributed by atoms with van der Waals surface area (Å²) in [5.74, 6) is 5.08. The van der Waals surface area contributed by atoms with E-state index in [1.807, 2.05) is 22.6 Å². The molecule has 0 radical (unpaired) electrons. The van der Waals surface area contributed by atoms with Gasteiger partial charge in [0.15, 0.2) is 0 Å². The molecule has 4 nitrogen and oxygen atoms in total. The minimum atomic E-state index is 0.551. The van der Waals surface area contributed by atoms with Gasteiger partial charge in [-0.05, 0) is 0 Å². The Hall–Kier alpha value is 0.570. The fourth-order valence-corrected chi connectivity index (χ4v) is 0.417. The molecule has 0 atom stereocenters. The largest absolute Gasteiger partial charge is 0.259 e. The molecule has 44 valence electrons. The van der Waals surface area contributed by atoms with Crippen LogP contribution in [-0.2, 0) is 4.84 Å². The summed E-state index contributed by atoms with van der Waals surface area (Å²) >= 11 is 2.04. The lowest BCUT2D eigenvalue weighted by Gasteiger charge is -2.10. The van der Waals surface area contributed by atoms with Crippen LogP contribution >= 0.6 is 22.6 Å². The molecule has 0 unspecified atom stereocenters. The van der Waals surface area contributed by atoms with E-state index in [1.165, 1.54) is 0 Å². The minimum absolute atomic E-state index is 0.551. The van der Waals surface area contributed by atoms with Gasteiger partial charge in [0.25, 0.3) is 0 Å². The third-order valence-electron chi connectivity index (χ3n) is 0.408. The Morgan fingerprint density at radius 2 is 2.57 bits per heavy atom. The maximum Gasteiger partial charge on any atom is 0.123 e. The number of hydrogen-bond acceptors (Lipinski definition) is 4. The Balaban J connectivity index is 2.83. The van der Waals surface area contributed by atoms with E-state index in [1.54, 1.807) is 7.05 Å².